The molecule has 17 heavy (non-hydrogen) atoms. The Morgan fingerprint density at radius 3 is 2.59 bits per heavy atom. The minimum absolute atomic E-state index is 0.372. The molecule has 2 nitrogen and oxygen atoms in total. The van der Waals surface area contributed by atoms with E-state index in [0.29, 0.717) is 12.5 Å². The zero-order valence-corrected chi connectivity index (χ0v) is 10.9. The summed E-state index contributed by atoms with van der Waals surface area (Å²) in [5.74, 6) is 0. The van der Waals surface area contributed by atoms with Crippen LogP contribution < -0.4 is 0 Å². The van der Waals surface area contributed by atoms with Crippen LogP contribution in [-0.4, -0.2) is 24.5 Å². The zero-order chi connectivity index (χ0) is 12.5. The Labute approximate surface area is 105 Å². The number of hydrogen-bond acceptors (Lipinski definition) is 2. The van der Waals surface area contributed by atoms with E-state index < -0.39 is 0 Å². The van der Waals surface area contributed by atoms with Gasteiger partial charge >= 0.3 is 0 Å². The van der Waals surface area contributed by atoms with Crippen LogP contribution in [0.5, 0.6) is 0 Å². The molecule has 0 heterocycles. The van der Waals surface area contributed by atoms with Crippen LogP contribution in [0.25, 0.3) is 0 Å². The maximum Gasteiger partial charge on any atom is 0.0638 e. The van der Waals surface area contributed by atoms with Gasteiger partial charge in [-0.2, -0.15) is 5.26 Å². The molecule has 0 aliphatic heterocycles. The molecule has 1 aromatic carbocycles. The molecule has 0 bridgehead atoms. The minimum atomic E-state index is 0.372. The van der Waals surface area contributed by atoms with Crippen molar-refractivity contribution in [3.05, 3.63) is 35.9 Å². The predicted molar refractivity (Wildman–Crippen MR) is 71.7 cm³/mol. The summed E-state index contributed by atoms with van der Waals surface area (Å²) in [7, 11) is 2.10. The molecule has 92 valence electrons. The third-order valence-corrected chi connectivity index (χ3v) is 3.21. The molecule has 0 aromatic heterocycles. The Hall–Kier alpha value is -1.33. The summed E-state index contributed by atoms with van der Waals surface area (Å²) in [5.41, 5.74) is 1.42. The van der Waals surface area contributed by atoms with Crippen LogP contribution in [0.4, 0.5) is 0 Å². The maximum atomic E-state index is 8.63. The molecule has 0 fully saturated rings. The van der Waals surface area contributed by atoms with Crippen molar-refractivity contribution in [2.24, 2.45) is 0 Å². The Morgan fingerprint density at radius 2 is 1.94 bits per heavy atom. The number of unbranched alkanes of at least 4 members (excludes halogenated alkanes) is 1. The lowest BCUT2D eigenvalue weighted by Crippen LogP contribution is -2.29. The summed E-state index contributed by atoms with van der Waals surface area (Å²) in [5, 5.41) is 8.63. The molecule has 0 saturated heterocycles. The molecule has 0 aliphatic carbocycles. The second-order valence-electron chi connectivity index (χ2n) is 4.63. The number of hydrogen-bond donors (Lipinski definition) is 0. The second-order valence-corrected chi connectivity index (χ2v) is 4.63. The van der Waals surface area contributed by atoms with E-state index in [1.165, 1.54) is 18.4 Å². The highest BCUT2D eigenvalue weighted by Gasteiger charge is 2.07. The van der Waals surface area contributed by atoms with Crippen LogP contribution in [0.15, 0.2) is 30.3 Å². The predicted octanol–water partition coefficient (Wildman–Crippen LogP) is 3.24. The van der Waals surface area contributed by atoms with Crippen molar-refractivity contribution >= 4 is 0 Å². The summed E-state index contributed by atoms with van der Waals surface area (Å²) in [6.07, 6.45) is 4.19. The van der Waals surface area contributed by atoms with Gasteiger partial charge in [-0.15, -0.1) is 0 Å². The molecule has 1 aromatic rings. The lowest BCUT2D eigenvalue weighted by molar-refractivity contribution is 0.255. The number of nitriles is 1. The van der Waals surface area contributed by atoms with Crippen molar-refractivity contribution < 1.29 is 0 Å². The average Bonchev–Trinajstić information content (AvgIpc) is 2.36. The summed E-state index contributed by atoms with van der Waals surface area (Å²) in [6, 6.07) is 13.2. The van der Waals surface area contributed by atoms with Gasteiger partial charge in [0.2, 0.25) is 0 Å². The molecule has 1 rings (SSSR count). The third kappa shape index (κ3) is 5.51. The Morgan fingerprint density at radius 1 is 1.24 bits per heavy atom. The second kappa shape index (κ2) is 7.86. The lowest BCUT2D eigenvalue weighted by atomic mass is 10.1. The molecular formula is C15H22N2. The molecule has 0 radical (unpaired) electrons. The van der Waals surface area contributed by atoms with Crippen molar-refractivity contribution in [1.29, 1.82) is 5.26 Å². The highest BCUT2D eigenvalue weighted by atomic mass is 15.1. The summed E-state index contributed by atoms with van der Waals surface area (Å²) >= 11 is 0. The largest absolute Gasteiger partial charge is 0.303 e. The van der Waals surface area contributed by atoms with Crippen molar-refractivity contribution in [2.45, 2.75) is 38.6 Å². The van der Waals surface area contributed by atoms with Crippen molar-refractivity contribution in [1.82, 2.24) is 4.90 Å². The van der Waals surface area contributed by atoms with Crippen molar-refractivity contribution in [3.63, 3.8) is 0 Å². The van der Waals surface area contributed by atoms with Crippen LogP contribution in [0.1, 0.15) is 31.7 Å². The SMILES string of the molecule is CC(CC#N)N(C)CCCCc1ccccc1. The highest BCUT2D eigenvalue weighted by Crippen LogP contribution is 2.07. The molecule has 0 aliphatic rings. The van der Waals surface area contributed by atoms with Gasteiger partial charge in [-0.1, -0.05) is 30.3 Å². The van der Waals surface area contributed by atoms with E-state index in [2.05, 4.69) is 55.3 Å². The minimum Gasteiger partial charge on any atom is -0.303 e. The first-order valence-electron chi connectivity index (χ1n) is 6.35. The fraction of sp³-hybridized carbons (Fsp3) is 0.533. The fourth-order valence-electron chi connectivity index (χ4n) is 1.84. The Kier molecular flexibility index (Phi) is 6.35. The normalized spacial score (nSPS) is 12.4. The summed E-state index contributed by atoms with van der Waals surface area (Å²) in [6.45, 7) is 3.19. The van der Waals surface area contributed by atoms with Gasteiger partial charge in [-0.3, -0.25) is 0 Å². The first-order chi connectivity index (χ1) is 8.24. The average molecular weight is 230 g/mol. The topological polar surface area (TPSA) is 27.0 Å². The van der Waals surface area contributed by atoms with Crippen LogP contribution in [0, 0.1) is 11.3 Å². The van der Waals surface area contributed by atoms with Crippen LogP contribution in [0.2, 0.25) is 0 Å². The molecule has 0 N–H and O–H groups in total. The molecule has 2 heteroatoms. The van der Waals surface area contributed by atoms with Crippen molar-refractivity contribution in [2.75, 3.05) is 13.6 Å². The molecular weight excluding hydrogens is 208 g/mol. The lowest BCUT2D eigenvalue weighted by Gasteiger charge is -2.22. The van der Waals surface area contributed by atoms with Crippen LogP contribution >= 0.6 is 0 Å². The van der Waals surface area contributed by atoms with E-state index in [-0.39, 0.29) is 0 Å². The van der Waals surface area contributed by atoms with Gasteiger partial charge < -0.3 is 4.90 Å². The zero-order valence-electron chi connectivity index (χ0n) is 10.9. The van der Waals surface area contributed by atoms with Gasteiger partial charge in [0, 0.05) is 6.04 Å². The van der Waals surface area contributed by atoms with E-state index >= 15 is 0 Å². The number of nitrogens with zero attached hydrogens (tertiary/aromatic N) is 2. The van der Waals surface area contributed by atoms with E-state index in [1.54, 1.807) is 0 Å². The van der Waals surface area contributed by atoms with Crippen LogP contribution in [-0.2, 0) is 6.42 Å². The maximum absolute atomic E-state index is 8.63. The number of aryl methyl sites for hydroxylation is 1. The molecule has 1 unspecified atom stereocenters. The first-order valence-corrected chi connectivity index (χ1v) is 6.35. The number of rotatable bonds is 7. The van der Waals surface area contributed by atoms with Gasteiger partial charge in [-0.25, -0.2) is 0 Å². The first kappa shape index (κ1) is 13.7. The summed E-state index contributed by atoms with van der Waals surface area (Å²) < 4.78 is 0. The monoisotopic (exact) mass is 230 g/mol. The van der Waals surface area contributed by atoms with Crippen LogP contribution in [0.3, 0.4) is 0 Å². The standard InChI is InChI=1S/C15H22N2/c1-14(11-12-16)17(2)13-7-6-10-15-8-4-3-5-9-15/h3-5,8-9,14H,6-7,10-11,13H2,1-2H3. The highest BCUT2D eigenvalue weighted by molar-refractivity contribution is 5.14. The van der Waals surface area contributed by atoms with E-state index in [1.807, 2.05) is 0 Å². The molecule has 1 atom stereocenters. The fourth-order valence-corrected chi connectivity index (χ4v) is 1.84. The van der Waals surface area contributed by atoms with Crippen molar-refractivity contribution in [3.8, 4) is 6.07 Å². The van der Waals surface area contributed by atoms with E-state index in [4.69, 9.17) is 5.26 Å². The van der Waals surface area contributed by atoms with Gasteiger partial charge in [-0.05, 0) is 45.3 Å². The van der Waals surface area contributed by atoms with Gasteiger partial charge in [0.05, 0.1) is 12.5 Å². The third-order valence-electron chi connectivity index (χ3n) is 3.21. The Bertz CT molecular complexity index is 340. The van der Waals surface area contributed by atoms with E-state index in [0.717, 1.165) is 13.0 Å². The van der Waals surface area contributed by atoms with E-state index in [9.17, 15) is 0 Å². The summed E-state index contributed by atoms with van der Waals surface area (Å²) in [4.78, 5) is 2.27. The van der Waals surface area contributed by atoms with Gasteiger partial charge in [0.25, 0.3) is 0 Å². The molecule has 0 spiro atoms. The Balaban J connectivity index is 2.14. The number of benzene rings is 1. The smallest absolute Gasteiger partial charge is 0.0638 e. The van der Waals surface area contributed by atoms with Gasteiger partial charge in [0.15, 0.2) is 0 Å². The van der Waals surface area contributed by atoms with Gasteiger partial charge in [0.1, 0.15) is 0 Å². The molecule has 0 saturated carbocycles. The molecule has 0 amide bonds. The quantitative estimate of drug-likeness (QED) is 0.672.